The fourth-order valence-corrected chi connectivity index (χ4v) is 1.26. The Morgan fingerprint density at radius 3 is 2.80 bits per heavy atom. The van der Waals surface area contributed by atoms with E-state index < -0.39 is 0 Å². The zero-order valence-corrected chi connectivity index (χ0v) is 9.14. The van der Waals surface area contributed by atoms with Crippen molar-refractivity contribution in [3.05, 3.63) is 51.4 Å². The highest BCUT2D eigenvalue weighted by molar-refractivity contribution is 5.51. The third-order valence-corrected chi connectivity index (χ3v) is 2.30. The molecule has 0 aliphatic heterocycles. The Labute approximate surface area is 90.1 Å². The van der Waals surface area contributed by atoms with E-state index in [1.54, 1.807) is 0 Å². The molecule has 0 N–H and O–H groups in total. The molecule has 3 heteroatoms. The lowest BCUT2D eigenvalue weighted by Crippen LogP contribution is -1.81. The van der Waals surface area contributed by atoms with Crippen molar-refractivity contribution in [3.8, 4) is 0 Å². The van der Waals surface area contributed by atoms with E-state index in [1.165, 1.54) is 16.7 Å². The minimum absolute atomic E-state index is 0.526. The summed E-state index contributed by atoms with van der Waals surface area (Å²) < 4.78 is 0. The quantitative estimate of drug-likeness (QED) is 0.306. The summed E-state index contributed by atoms with van der Waals surface area (Å²) in [6.07, 6.45) is 4.87. The van der Waals surface area contributed by atoms with Crippen LogP contribution < -0.4 is 0 Å². The summed E-state index contributed by atoms with van der Waals surface area (Å²) in [6.45, 7) is 4.73. The van der Waals surface area contributed by atoms with Crippen molar-refractivity contribution >= 4 is 6.08 Å². The van der Waals surface area contributed by atoms with Gasteiger partial charge in [0.15, 0.2) is 0 Å². The standard InChI is InChI=1S/C12H15N3/c1-10-6-7-12(9-11(10)2)5-3-4-8-14-15-13/h3,5-7,9H,4,8H2,1-2H3. The fourth-order valence-electron chi connectivity index (χ4n) is 1.26. The van der Waals surface area contributed by atoms with Gasteiger partial charge in [0.25, 0.3) is 0 Å². The molecule has 0 saturated carbocycles. The summed E-state index contributed by atoms with van der Waals surface area (Å²) in [7, 11) is 0. The van der Waals surface area contributed by atoms with E-state index in [4.69, 9.17) is 5.53 Å². The highest BCUT2D eigenvalue weighted by atomic mass is 15.1. The third-order valence-electron chi connectivity index (χ3n) is 2.30. The molecule has 1 aromatic rings. The number of benzene rings is 1. The summed E-state index contributed by atoms with van der Waals surface area (Å²) in [5.41, 5.74) is 11.9. The van der Waals surface area contributed by atoms with Gasteiger partial charge in [-0.25, -0.2) is 0 Å². The van der Waals surface area contributed by atoms with Crippen LogP contribution in [0.3, 0.4) is 0 Å². The SMILES string of the molecule is Cc1ccc(C=CCCN=[N+]=[N-])cc1C. The van der Waals surface area contributed by atoms with Gasteiger partial charge in [0, 0.05) is 11.5 Å². The molecule has 78 valence electrons. The van der Waals surface area contributed by atoms with Gasteiger partial charge in [0.1, 0.15) is 0 Å². The first-order chi connectivity index (χ1) is 7.24. The van der Waals surface area contributed by atoms with E-state index >= 15 is 0 Å². The molecule has 0 atom stereocenters. The minimum Gasteiger partial charge on any atom is -0.0937 e. The largest absolute Gasteiger partial charge is 0.0937 e. The lowest BCUT2D eigenvalue weighted by atomic mass is 10.1. The van der Waals surface area contributed by atoms with E-state index in [2.05, 4.69) is 48.1 Å². The van der Waals surface area contributed by atoms with Crippen molar-refractivity contribution in [2.75, 3.05) is 6.54 Å². The molecule has 0 aromatic heterocycles. The maximum atomic E-state index is 8.08. The normalized spacial score (nSPS) is 10.3. The summed E-state index contributed by atoms with van der Waals surface area (Å²) in [5, 5.41) is 3.46. The number of hydrogen-bond acceptors (Lipinski definition) is 1. The van der Waals surface area contributed by atoms with Gasteiger partial charge < -0.3 is 0 Å². The molecule has 0 fully saturated rings. The first-order valence-electron chi connectivity index (χ1n) is 4.98. The van der Waals surface area contributed by atoms with Crippen LogP contribution in [0.25, 0.3) is 16.5 Å². The number of hydrogen-bond donors (Lipinski definition) is 0. The van der Waals surface area contributed by atoms with Gasteiger partial charge in [-0.3, -0.25) is 0 Å². The van der Waals surface area contributed by atoms with Gasteiger partial charge in [-0.05, 0) is 42.5 Å². The summed E-state index contributed by atoms with van der Waals surface area (Å²) >= 11 is 0. The average molecular weight is 201 g/mol. The van der Waals surface area contributed by atoms with Crippen molar-refractivity contribution in [3.63, 3.8) is 0 Å². The Bertz CT molecular complexity index is 401. The van der Waals surface area contributed by atoms with Gasteiger partial charge in [0.2, 0.25) is 0 Å². The Morgan fingerprint density at radius 1 is 1.33 bits per heavy atom. The summed E-state index contributed by atoms with van der Waals surface area (Å²) in [5.74, 6) is 0. The van der Waals surface area contributed by atoms with Crippen LogP contribution in [0.4, 0.5) is 0 Å². The molecule has 0 spiro atoms. The Balaban J connectivity index is 2.56. The number of azide groups is 1. The van der Waals surface area contributed by atoms with E-state index in [0.29, 0.717) is 6.54 Å². The first-order valence-corrected chi connectivity index (χ1v) is 4.98. The van der Waals surface area contributed by atoms with Crippen LogP contribution in [0, 0.1) is 13.8 Å². The predicted molar refractivity (Wildman–Crippen MR) is 63.6 cm³/mol. The molecule has 0 amide bonds. The van der Waals surface area contributed by atoms with Crippen molar-refractivity contribution in [1.82, 2.24) is 0 Å². The van der Waals surface area contributed by atoms with Crippen LogP contribution in [0.2, 0.25) is 0 Å². The van der Waals surface area contributed by atoms with E-state index in [-0.39, 0.29) is 0 Å². The number of aryl methyl sites for hydroxylation is 2. The van der Waals surface area contributed by atoms with Crippen molar-refractivity contribution < 1.29 is 0 Å². The second kappa shape index (κ2) is 5.89. The van der Waals surface area contributed by atoms with Gasteiger partial charge in [-0.1, -0.05) is 35.5 Å². The van der Waals surface area contributed by atoms with E-state index in [1.807, 2.05) is 6.08 Å². The Hall–Kier alpha value is -1.73. The smallest absolute Gasteiger partial charge is 0.0292 e. The number of rotatable bonds is 4. The van der Waals surface area contributed by atoms with Crippen molar-refractivity contribution in [2.45, 2.75) is 20.3 Å². The monoisotopic (exact) mass is 201 g/mol. The Morgan fingerprint density at radius 2 is 2.13 bits per heavy atom. The van der Waals surface area contributed by atoms with Crippen LogP contribution in [0.5, 0.6) is 0 Å². The molecule has 0 radical (unpaired) electrons. The molecule has 0 bridgehead atoms. The van der Waals surface area contributed by atoms with Crippen molar-refractivity contribution in [2.24, 2.45) is 5.11 Å². The number of nitrogens with zero attached hydrogens (tertiary/aromatic N) is 3. The molecule has 15 heavy (non-hydrogen) atoms. The maximum Gasteiger partial charge on any atom is 0.0292 e. The Kier molecular flexibility index (Phi) is 4.45. The molecule has 3 nitrogen and oxygen atoms in total. The van der Waals surface area contributed by atoms with Crippen LogP contribution >= 0.6 is 0 Å². The first kappa shape index (κ1) is 11.3. The molecule has 1 aromatic carbocycles. The molecular weight excluding hydrogens is 186 g/mol. The zero-order valence-electron chi connectivity index (χ0n) is 9.14. The molecular formula is C12H15N3. The molecule has 0 unspecified atom stereocenters. The van der Waals surface area contributed by atoms with Gasteiger partial charge in [0.05, 0.1) is 0 Å². The predicted octanol–water partition coefficient (Wildman–Crippen LogP) is 4.02. The molecule has 1 rings (SSSR count). The van der Waals surface area contributed by atoms with Crippen LogP contribution in [0.1, 0.15) is 23.1 Å². The fraction of sp³-hybridized carbons (Fsp3) is 0.333. The van der Waals surface area contributed by atoms with E-state index in [0.717, 1.165) is 6.42 Å². The van der Waals surface area contributed by atoms with Gasteiger partial charge in [-0.2, -0.15) is 0 Å². The highest BCUT2D eigenvalue weighted by Crippen LogP contribution is 2.11. The van der Waals surface area contributed by atoms with Crippen molar-refractivity contribution in [1.29, 1.82) is 0 Å². The minimum atomic E-state index is 0.526. The summed E-state index contributed by atoms with van der Waals surface area (Å²) in [4.78, 5) is 2.70. The molecule has 0 aliphatic rings. The topological polar surface area (TPSA) is 48.8 Å². The van der Waals surface area contributed by atoms with Gasteiger partial charge >= 0.3 is 0 Å². The van der Waals surface area contributed by atoms with Crippen LogP contribution in [-0.4, -0.2) is 6.54 Å². The average Bonchev–Trinajstić information content (AvgIpc) is 2.23. The summed E-state index contributed by atoms with van der Waals surface area (Å²) in [6, 6.07) is 6.36. The second-order valence-corrected chi connectivity index (χ2v) is 3.49. The maximum absolute atomic E-state index is 8.08. The molecule has 0 saturated heterocycles. The van der Waals surface area contributed by atoms with E-state index in [9.17, 15) is 0 Å². The lowest BCUT2D eigenvalue weighted by molar-refractivity contribution is 0.995. The lowest BCUT2D eigenvalue weighted by Gasteiger charge is -2.00. The second-order valence-electron chi connectivity index (χ2n) is 3.49. The highest BCUT2D eigenvalue weighted by Gasteiger charge is 1.92. The van der Waals surface area contributed by atoms with Crippen LogP contribution in [-0.2, 0) is 0 Å². The van der Waals surface area contributed by atoms with Crippen LogP contribution in [0.15, 0.2) is 29.4 Å². The van der Waals surface area contributed by atoms with Gasteiger partial charge in [-0.15, -0.1) is 0 Å². The molecule has 0 heterocycles. The molecule has 0 aliphatic carbocycles. The zero-order chi connectivity index (χ0) is 11.1. The third kappa shape index (κ3) is 3.88.